The lowest BCUT2D eigenvalue weighted by Gasteiger charge is -2.46. The van der Waals surface area contributed by atoms with Crippen LogP contribution in [0.4, 0.5) is 14.5 Å². The molecule has 1 amide bonds. The first-order valence-corrected chi connectivity index (χ1v) is 12.2. The number of carbonyl (C=O) groups is 1. The molecule has 3 aliphatic heterocycles. The Kier molecular flexibility index (Phi) is 4.25. The van der Waals surface area contributed by atoms with Crippen LogP contribution < -0.4 is 10.4 Å². The van der Waals surface area contributed by atoms with E-state index in [-0.39, 0.29) is 11.9 Å². The fourth-order valence-electron chi connectivity index (χ4n) is 6.20. The molecule has 5 nitrogen and oxygen atoms in total. The van der Waals surface area contributed by atoms with Gasteiger partial charge in [0.1, 0.15) is 0 Å². The maximum absolute atomic E-state index is 13.6. The van der Waals surface area contributed by atoms with Gasteiger partial charge in [-0.3, -0.25) is 9.69 Å². The number of halogens is 2. The van der Waals surface area contributed by atoms with Crippen LogP contribution in [0, 0.1) is 11.8 Å². The van der Waals surface area contributed by atoms with Gasteiger partial charge in [-0.2, -0.15) is 0 Å². The van der Waals surface area contributed by atoms with Gasteiger partial charge in [-0.15, -0.1) is 0 Å². The van der Waals surface area contributed by atoms with Gasteiger partial charge in [-0.05, 0) is 71.5 Å². The summed E-state index contributed by atoms with van der Waals surface area (Å²) in [6.07, 6.45) is 1.68. The molecular weight excluding hydrogens is 425 g/mol. The molecule has 1 aromatic rings. The summed E-state index contributed by atoms with van der Waals surface area (Å²) in [6.45, 7) is 13.1. The summed E-state index contributed by atoms with van der Waals surface area (Å²) in [4.78, 5) is 17.7. The van der Waals surface area contributed by atoms with Crippen molar-refractivity contribution in [2.75, 3.05) is 18.0 Å². The highest BCUT2D eigenvalue weighted by Gasteiger charge is 2.72. The number of fused-ring (bicyclic) bond motifs is 2. The molecule has 2 unspecified atom stereocenters. The summed E-state index contributed by atoms with van der Waals surface area (Å²) in [7, 11) is -0.479. The quantitative estimate of drug-likeness (QED) is 0.652. The first-order chi connectivity index (χ1) is 15.2. The van der Waals surface area contributed by atoms with Crippen molar-refractivity contribution in [1.82, 2.24) is 4.90 Å². The highest BCUT2D eigenvalue weighted by atomic mass is 19.3. The Morgan fingerprint density at radius 2 is 1.52 bits per heavy atom. The number of rotatable bonds is 3. The minimum Gasteiger partial charge on any atom is -0.399 e. The Labute approximate surface area is 194 Å². The number of anilines is 1. The highest BCUT2D eigenvalue weighted by molar-refractivity contribution is 6.62. The number of alkyl halides is 2. The third kappa shape index (κ3) is 2.89. The first kappa shape index (κ1) is 22.0. The van der Waals surface area contributed by atoms with Crippen molar-refractivity contribution < 1.29 is 22.9 Å². The molecule has 3 heterocycles. The predicted molar refractivity (Wildman–Crippen MR) is 123 cm³/mol. The molecule has 0 N–H and O–H groups in total. The number of carbonyl (C=O) groups excluding carboxylic acids is 1. The van der Waals surface area contributed by atoms with Gasteiger partial charge in [-0.1, -0.05) is 12.1 Å². The van der Waals surface area contributed by atoms with Crippen LogP contribution in [0.2, 0.25) is 0 Å². The van der Waals surface area contributed by atoms with Crippen LogP contribution in [-0.2, 0) is 19.5 Å². The van der Waals surface area contributed by atoms with Gasteiger partial charge in [0, 0.05) is 42.7 Å². The monoisotopic (exact) mass is 458 g/mol. The number of nitrogens with zero attached hydrogens (tertiary/aromatic N) is 2. The van der Waals surface area contributed by atoms with Gasteiger partial charge in [-0.25, -0.2) is 8.78 Å². The molecule has 33 heavy (non-hydrogen) atoms. The van der Waals surface area contributed by atoms with E-state index in [0.717, 1.165) is 29.6 Å². The molecule has 2 atom stereocenters. The number of benzene rings is 1. The number of amides is 1. The van der Waals surface area contributed by atoms with E-state index in [2.05, 4.69) is 11.0 Å². The maximum atomic E-state index is 13.6. The van der Waals surface area contributed by atoms with Gasteiger partial charge in [0.15, 0.2) is 0 Å². The van der Waals surface area contributed by atoms with Crippen LogP contribution in [-0.4, -0.2) is 60.2 Å². The van der Waals surface area contributed by atoms with Crippen molar-refractivity contribution in [2.24, 2.45) is 11.8 Å². The number of hydrogen-bond donors (Lipinski definition) is 0. The summed E-state index contributed by atoms with van der Waals surface area (Å²) >= 11 is 0. The molecule has 5 aliphatic rings. The molecule has 0 spiro atoms. The highest BCUT2D eigenvalue weighted by Crippen LogP contribution is 2.60. The Morgan fingerprint density at radius 1 is 0.939 bits per heavy atom. The van der Waals surface area contributed by atoms with E-state index in [0.29, 0.717) is 19.1 Å². The predicted octanol–water partition coefficient (Wildman–Crippen LogP) is 3.34. The van der Waals surface area contributed by atoms with Crippen molar-refractivity contribution in [3.05, 3.63) is 23.8 Å². The Balaban J connectivity index is 1.22. The SMILES string of the molecule is CC1(C)C(=O)N(C2CC(N3CC4C(C3)C4(F)F)C2)c2cc(B3OC(C)(C)C(C)(C)O3)ccc21. The van der Waals surface area contributed by atoms with Crippen LogP contribution in [0.1, 0.15) is 59.9 Å². The molecule has 8 heteroatoms. The zero-order chi connectivity index (χ0) is 23.7. The van der Waals surface area contributed by atoms with Crippen molar-refractivity contribution in [1.29, 1.82) is 0 Å². The molecule has 0 aromatic heterocycles. The lowest BCUT2D eigenvalue weighted by molar-refractivity contribution is -0.123. The summed E-state index contributed by atoms with van der Waals surface area (Å²) in [5, 5.41) is 0. The molecule has 4 fully saturated rings. The van der Waals surface area contributed by atoms with Crippen molar-refractivity contribution >= 4 is 24.2 Å². The number of piperidine rings is 1. The smallest absolute Gasteiger partial charge is 0.399 e. The van der Waals surface area contributed by atoms with E-state index in [1.165, 1.54) is 0 Å². The van der Waals surface area contributed by atoms with Gasteiger partial charge in [0.25, 0.3) is 5.92 Å². The molecule has 178 valence electrons. The third-order valence-corrected chi connectivity index (χ3v) is 9.43. The second-order valence-electron chi connectivity index (χ2n) is 12.3. The maximum Gasteiger partial charge on any atom is 0.494 e. The number of likely N-dealkylation sites (tertiary alicyclic amines) is 1. The zero-order valence-electron chi connectivity index (χ0n) is 20.3. The fourth-order valence-corrected chi connectivity index (χ4v) is 6.20. The second-order valence-corrected chi connectivity index (χ2v) is 12.3. The van der Waals surface area contributed by atoms with Gasteiger partial charge < -0.3 is 14.2 Å². The summed E-state index contributed by atoms with van der Waals surface area (Å²) in [5.41, 5.74) is 1.43. The lowest BCUT2D eigenvalue weighted by atomic mass is 9.76. The van der Waals surface area contributed by atoms with Crippen LogP contribution in [0.15, 0.2) is 18.2 Å². The minimum absolute atomic E-state index is 0.106. The zero-order valence-corrected chi connectivity index (χ0v) is 20.3. The van der Waals surface area contributed by atoms with E-state index >= 15 is 0 Å². The number of hydrogen-bond acceptors (Lipinski definition) is 4. The molecule has 2 saturated carbocycles. The summed E-state index contributed by atoms with van der Waals surface area (Å²) in [5.74, 6) is -3.24. The Bertz CT molecular complexity index is 1010. The lowest BCUT2D eigenvalue weighted by Crippen LogP contribution is -2.56. The van der Waals surface area contributed by atoms with E-state index in [1.54, 1.807) is 0 Å². The summed E-state index contributed by atoms with van der Waals surface area (Å²) in [6, 6.07) is 6.52. The average molecular weight is 458 g/mol. The second kappa shape index (κ2) is 6.38. The van der Waals surface area contributed by atoms with E-state index < -0.39 is 41.5 Å². The molecule has 1 aromatic carbocycles. The summed E-state index contributed by atoms with van der Waals surface area (Å²) < 4.78 is 39.7. The van der Waals surface area contributed by atoms with Crippen LogP contribution in [0.3, 0.4) is 0 Å². The molecule has 0 bridgehead atoms. The minimum atomic E-state index is -2.45. The third-order valence-electron chi connectivity index (χ3n) is 9.43. The van der Waals surface area contributed by atoms with Crippen LogP contribution in [0.25, 0.3) is 0 Å². The topological polar surface area (TPSA) is 42.0 Å². The van der Waals surface area contributed by atoms with Crippen LogP contribution in [0.5, 0.6) is 0 Å². The van der Waals surface area contributed by atoms with Crippen molar-refractivity contribution in [2.45, 2.75) is 89.0 Å². The molecule has 0 radical (unpaired) electrons. The van der Waals surface area contributed by atoms with Crippen molar-refractivity contribution in [3.8, 4) is 0 Å². The van der Waals surface area contributed by atoms with E-state index in [4.69, 9.17) is 9.31 Å². The van der Waals surface area contributed by atoms with Crippen LogP contribution >= 0.6 is 0 Å². The molecule has 6 rings (SSSR count). The van der Waals surface area contributed by atoms with Crippen molar-refractivity contribution in [3.63, 3.8) is 0 Å². The average Bonchev–Trinajstić information content (AvgIpc) is 3.02. The Hall–Kier alpha value is -1.51. The van der Waals surface area contributed by atoms with Gasteiger partial charge in [0.2, 0.25) is 5.91 Å². The first-order valence-electron chi connectivity index (χ1n) is 12.2. The van der Waals surface area contributed by atoms with Gasteiger partial charge in [0.05, 0.1) is 16.6 Å². The largest absolute Gasteiger partial charge is 0.494 e. The molecule has 2 aliphatic carbocycles. The van der Waals surface area contributed by atoms with E-state index in [9.17, 15) is 13.6 Å². The normalized spacial score (nSPS) is 37.2. The van der Waals surface area contributed by atoms with Gasteiger partial charge >= 0.3 is 7.12 Å². The fraction of sp³-hybridized carbons (Fsp3) is 0.720. The molecular formula is C25H33BF2N2O3. The Morgan fingerprint density at radius 3 is 2.09 bits per heavy atom. The standard InChI is InChI=1S/C25H33BF2N2O3/c1-22(2)17-8-7-14(26-32-23(3,4)24(5,6)33-26)9-20(17)30(21(22)31)16-10-15(11-16)29-12-18-19(13-29)25(18,27)28/h7-9,15-16,18-19H,10-13H2,1-6H3. The molecule has 2 saturated heterocycles. The van der Waals surface area contributed by atoms with E-state index in [1.807, 2.05) is 58.6 Å².